The number of anilines is 1. The molecule has 1 unspecified atom stereocenters. The van der Waals surface area contributed by atoms with Gasteiger partial charge in [-0.05, 0) is 18.2 Å². The van der Waals surface area contributed by atoms with Crippen LogP contribution < -0.4 is 15.4 Å². The molecule has 1 saturated heterocycles. The van der Waals surface area contributed by atoms with E-state index in [9.17, 15) is 4.79 Å². The molecule has 0 bridgehead atoms. The van der Waals surface area contributed by atoms with Gasteiger partial charge in [-0.15, -0.1) is 0 Å². The van der Waals surface area contributed by atoms with Gasteiger partial charge in [0.2, 0.25) is 5.91 Å². The van der Waals surface area contributed by atoms with Gasteiger partial charge in [-0.3, -0.25) is 4.79 Å². The van der Waals surface area contributed by atoms with Crippen LogP contribution in [0.4, 0.5) is 5.13 Å². The standard InChI is InChI=1S/C13H15N3O2S2/c1-18-8-2-3-9-11(6-8)20-13(15-9)16-12(17)10-7-19-5-4-14-10/h2-3,6,10,14H,4-5,7H2,1H3,(H,15,16,17). The third-order valence-electron chi connectivity index (χ3n) is 3.06. The number of fused-ring (bicyclic) bond motifs is 1. The third kappa shape index (κ3) is 2.89. The second-order valence-electron chi connectivity index (χ2n) is 4.42. The molecule has 2 aromatic rings. The van der Waals surface area contributed by atoms with Crippen LogP contribution in [0.5, 0.6) is 5.75 Å². The Morgan fingerprint density at radius 2 is 2.45 bits per heavy atom. The van der Waals surface area contributed by atoms with Crippen molar-refractivity contribution in [2.24, 2.45) is 0 Å². The fourth-order valence-corrected chi connectivity index (χ4v) is 3.84. The van der Waals surface area contributed by atoms with E-state index in [-0.39, 0.29) is 11.9 Å². The number of amides is 1. The molecule has 1 aliphatic heterocycles. The van der Waals surface area contributed by atoms with Crippen molar-refractivity contribution in [3.8, 4) is 5.75 Å². The smallest absolute Gasteiger partial charge is 0.244 e. The number of carbonyl (C=O) groups is 1. The van der Waals surface area contributed by atoms with E-state index in [4.69, 9.17) is 4.74 Å². The van der Waals surface area contributed by atoms with Gasteiger partial charge in [0.25, 0.3) is 0 Å². The Balaban J connectivity index is 1.75. The van der Waals surface area contributed by atoms with Crippen LogP contribution in [0.15, 0.2) is 18.2 Å². The monoisotopic (exact) mass is 309 g/mol. The molecule has 2 heterocycles. The van der Waals surface area contributed by atoms with E-state index < -0.39 is 0 Å². The first-order valence-electron chi connectivity index (χ1n) is 6.33. The highest BCUT2D eigenvalue weighted by atomic mass is 32.2. The minimum atomic E-state index is -0.129. The summed E-state index contributed by atoms with van der Waals surface area (Å²) in [7, 11) is 1.64. The number of nitrogens with one attached hydrogen (secondary N) is 2. The summed E-state index contributed by atoms with van der Waals surface area (Å²) in [5, 5.41) is 6.74. The number of thiazole rings is 1. The van der Waals surface area contributed by atoms with E-state index in [2.05, 4.69) is 15.6 Å². The molecule has 106 valence electrons. The van der Waals surface area contributed by atoms with Crippen LogP contribution in [0, 0.1) is 0 Å². The van der Waals surface area contributed by atoms with Gasteiger partial charge in [-0.25, -0.2) is 4.98 Å². The molecule has 5 nitrogen and oxygen atoms in total. The number of methoxy groups -OCH3 is 1. The zero-order valence-corrected chi connectivity index (χ0v) is 12.6. The fraction of sp³-hybridized carbons (Fsp3) is 0.385. The highest BCUT2D eigenvalue weighted by molar-refractivity contribution is 7.99. The number of ether oxygens (including phenoxy) is 1. The number of benzene rings is 1. The number of rotatable bonds is 3. The number of hydrogen-bond donors (Lipinski definition) is 2. The highest BCUT2D eigenvalue weighted by Gasteiger charge is 2.21. The lowest BCUT2D eigenvalue weighted by atomic mass is 10.3. The second-order valence-corrected chi connectivity index (χ2v) is 6.60. The topological polar surface area (TPSA) is 63.2 Å². The predicted molar refractivity (Wildman–Crippen MR) is 83.9 cm³/mol. The third-order valence-corrected chi connectivity index (χ3v) is 5.06. The van der Waals surface area contributed by atoms with Crippen molar-refractivity contribution in [1.82, 2.24) is 10.3 Å². The Labute approximate surface area is 125 Å². The van der Waals surface area contributed by atoms with Gasteiger partial charge in [-0.1, -0.05) is 11.3 Å². The first-order chi connectivity index (χ1) is 9.76. The maximum Gasteiger partial charge on any atom is 0.244 e. The van der Waals surface area contributed by atoms with Gasteiger partial charge in [0.15, 0.2) is 5.13 Å². The summed E-state index contributed by atoms with van der Waals surface area (Å²) in [5.41, 5.74) is 0.872. The van der Waals surface area contributed by atoms with Crippen LogP contribution >= 0.6 is 23.1 Å². The lowest BCUT2D eigenvalue weighted by molar-refractivity contribution is -0.117. The average molecular weight is 309 g/mol. The van der Waals surface area contributed by atoms with Gasteiger partial charge in [0.05, 0.1) is 23.4 Å². The zero-order chi connectivity index (χ0) is 13.9. The van der Waals surface area contributed by atoms with Crippen molar-refractivity contribution in [2.45, 2.75) is 6.04 Å². The summed E-state index contributed by atoms with van der Waals surface area (Å²) in [6.45, 7) is 0.875. The molecule has 1 atom stereocenters. The lowest BCUT2D eigenvalue weighted by Crippen LogP contribution is -2.46. The SMILES string of the molecule is COc1ccc2nc(NC(=O)C3CSCCN3)sc2c1. The number of nitrogens with zero attached hydrogens (tertiary/aromatic N) is 1. The summed E-state index contributed by atoms with van der Waals surface area (Å²) in [5.74, 6) is 2.66. The van der Waals surface area contributed by atoms with Crippen molar-refractivity contribution >= 4 is 44.4 Å². The zero-order valence-electron chi connectivity index (χ0n) is 11.0. The molecular weight excluding hydrogens is 294 g/mol. The van der Waals surface area contributed by atoms with Crippen molar-refractivity contribution < 1.29 is 9.53 Å². The molecule has 3 rings (SSSR count). The molecule has 1 aromatic carbocycles. The van der Waals surface area contributed by atoms with Crippen LogP contribution in [-0.2, 0) is 4.79 Å². The van der Waals surface area contributed by atoms with Gasteiger partial charge in [0.1, 0.15) is 5.75 Å². The van der Waals surface area contributed by atoms with E-state index in [0.29, 0.717) is 5.13 Å². The van der Waals surface area contributed by atoms with Crippen molar-refractivity contribution in [3.05, 3.63) is 18.2 Å². The first-order valence-corrected chi connectivity index (χ1v) is 8.30. The maximum atomic E-state index is 12.1. The maximum absolute atomic E-state index is 12.1. The summed E-state index contributed by atoms with van der Waals surface area (Å²) < 4.78 is 6.19. The number of aromatic nitrogens is 1. The molecule has 1 aromatic heterocycles. The minimum absolute atomic E-state index is 0.0109. The summed E-state index contributed by atoms with van der Waals surface area (Å²) in [6, 6.07) is 5.56. The lowest BCUT2D eigenvalue weighted by Gasteiger charge is -2.21. The first kappa shape index (κ1) is 13.7. The van der Waals surface area contributed by atoms with E-state index in [1.54, 1.807) is 18.9 Å². The molecule has 7 heteroatoms. The minimum Gasteiger partial charge on any atom is -0.497 e. The summed E-state index contributed by atoms with van der Waals surface area (Å²) in [4.78, 5) is 16.5. The van der Waals surface area contributed by atoms with Crippen LogP contribution in [0.3, 0.4) is 0 Å². The number of carbonyl (C=O) groups excluding carboxylic acids is 1. The largest absolute Gasteiger partial charge is 0.497 e. The molecule has 20 heavy (non-hydrogen) atoms. The fourth-order valence-electron chi connectivity index (χ4n) is 2.01. The molecule has 1 fully saturated rings. The molecule has 0 spiro atoms. The van der Waals surface area contributed by atoms with E-state index >= 15 is 0 Å². The van der Waals surface area contributed by atoms with Gasteiger partial charge in [-0.2, -0.15) is 11.8 Å². The predicted octanol–water partition coefficient (Wildman–Crippen LogP) is 1.95. The number of hydrogen-bond acceptors (Lipinski definition) is 6. The summed E-state index contributed by atoms with van der Waals surface area (Å²) in [6.07, 6.45) is 0. The normalized spacial score (nSPS) is 18.9. The Bertz CT molecular complexity index is 623. The summed E-state index contributed by atoms with van der Waals surface area (Å²) >= 11 is 3.26. The van der Waals surface area contributed by atoms with Gasteiger partial charge >= 0.3 is 0 Å². The Hall–Kier alpha value is -1.31. The second kappa shape index (κ2) is 5.99. The van der Waals surface area contributed by atoms with Crippen LogP contribution in [0.2, 0.25) is 0 Å². The van der Waals surface area contributed by atoms with Crippen molar-refractivity contribution in [1.29, 1.82) is 0 Å². The van der Waals surface area contributed by atoms with Gasteiger partial charge in [0, 0.05) is 18.1 Å². The molecular formula is C13H15N3O2S2. The quantitative estimate of drug-likeness (QED) is 0.907. The van der Waals surface area contributed by atoms with E-state index in [0.717, 1.165) is 34.0 Å². The van der Waals surface area contributed by atoms with Crippen LogP contribution in [-0.4, -0.2) is 42.1 Å². The number of thioether (sulfide) groups is 1. The molecule has 2 N–H and O–H groups in total. The van der Waals surface area contributed by atoms with Crippen LogP contribution in [0.1, 0.15) is 0 Å². The van der Waals surface area contributed by atoms with Crippen LogP contribution in [0.25, 0.3) is 10.2 Å². The van der Waals surface area contributed by atoms with E-state index in [1.165, 1.54) is 11.3 Å². The average Bonchev–Trinajstić information content (AvgIpc) is 2.89. The highest BCUT2D eigenvalue weighted by Crippen LogP contribution is 2.29. The van der Waals surface area contributed by atoms with Gasteiger partial charge < -0.3 is 15.4 Å². The molecule has 1 aliphatic rings. The molecule has 0 saturated carbocycles. The van der Waals surface area contributed by atoms with Crippen molar-refractivity contribution in [2.75, 3.05) is 30.5 Å². The molecule has 0 aliphatic carbocycles. The Morgan fingerprint density at radius 1 is 1.55 bits per heavy atom. The Kier molecular flexibility index (Phi) is 4.09. The molecule has 1 amide bonds. The van der Waals surface area contributed by atoms with Crippen molar-refractivity contribution in [3.63, 3.8) is 0 Å². The Morgan fingerprint density at radius 3 is 3.20 bits per heavy atom. The van der Waals surface area contributed by atoms with E-state index in [1.807, 2.05) is 18.2 Å². The molecule has 0 radical (unpaired) electrons.